The number of fused-ring (bicyclic) bond motifs is 3. The van der Waals surface area contributed by atoms with Crippen molar-refractivity contribution >= 4 is 17.7 Å². The van der Waals surface area contributed by atoms with Crippen molar-refractivity contribution in [3.8, 4) is 5.69 Å². The summed E-state index contributed by atoms with van der Waals surface area (Å²) >= 11 is 0. The molecule has 0 fully saturated rings. The summed E-state index contributed by atoms with van der Waals surface area (Å²) in [6.45, 7) is 2.73. The molecule has 4 rings (SSSR count). The first-order valence-corrected chi connectivity index (χ1v) is 9.99. The fourth-order valence-electron chi connectivity index (χ4n) is 3.84. The van der Waals surface area contributed by atoms with Crippen LogP contribution in [0.1, 0.15) is 33.9 Å². The monoisotopic (exact) mass is 416 g/mol. The molecule has 0 bridgehead atoms. The lowest BCUT2D eigenvalue weighted by Crippen LogP contribution is -2.25. The van der Waals surface area contributed by atoms with Crippen molar-refractivity contribution in [3.63, 3.8) is 0 Å². The zero-order valence-corrected chi connectivity index (χ0v) is 17.3. The standard InChI is InChI=1S/C23H24N6O2/c1-15-27-28-23-14-31-13-20-19(9-16-5-3-2-4-6-16)18(7-8-21(20)29(15)23)17(10-24)11-26-12-22(25)30/h2-8,10-11,24,26H,9,12-14H2,1H3,(H2,25,30)/b17-11+,24-10?. The van der Waals surface area contributed by atoms with E-state index in [1.807, 2.05) is 41.8 Å². The first-order chi connectivity index (χ1) is 15.1. The molecule has 8 nitrogen and oxygen atoms in total. The van der Waals surface area contributed by atoms with Gasteiger partial charge in [0.1, 0.15) is 12.4 Å². The van der Waals surface area contributed by atoms with Gasteiger partial charge in [0.05, 0.1) is 18.8 Å². The van der Waals surface area contributed by atoms with Gasteiger partial charge in [0.2, 0.25) is 5.91 Å². The first kappa shape index (κ1) is 20.5. The maximum Gasteiger partial charge on any atom is 0.236 e. The van der Waals surface area contributed by atoms with Crippen LogP contribution >= 0.6 is 0 Å². The second-order valence-electron chi connectivity index (χ2n) is 7.33. The highest BCUT2D eigenvalue weighted by Crippen LogP contribution is 2.32. The molecule has 2 heterocycles. The van der Waals surface area contributed by atoms with Crippen molar-refractivity contribution in [2.75, 3.05) is 6.54 Å². The van der Waals surface area contributed by atoms with Crippen LogP contribution in [0, 0.1) is 12.3 Å². The van der Waals surface area contributed by atoms with Gasteiger partial charge in [0, 0.05) is 23.6 Å². The summed E-state index contributed by atoms with van der Waals surface area (Å²) in [4.78, 5) is 11.1. The number of carbonyl (C=O) groups is 1. The van der Waals surface area contributed by atoms with Gasteiger partial charge in [-0.05, 0) is 36.1 Å². The topological polar surface area (TPSA) is 119 Å². The maximum atomic E-state index is 11.1. The van der Waals surface area contributed by atoms with E-state index in [0.717, 1.165) is 39.6 Å². The summed E-state index contributed by atoms with van der Waals surface area (Å²) in [6, 6.07) is 14.2. The van der Waals surface area contributed by atoms with Gasteiger partial charge < -0.3 is 21.2 Å². The van der Waals surface area contributed by atoms with E-state index in [1.165, 1.54) is 6.21 Å². The number of benzene rings is 2. The lowest BCUT2D eigenvalue weighted by Gasteiger charge is -2.19. The molecule has 158 valence electrons. The number of amides is 1. The molecule has 0 spiro atoms. The van der Waals surface area contributed by atoms with Gasteiger partial charge in [-0.15, -0.1) is 10.2 Å². The maximum absolute atomic E-state index is 11.1. The largest absolute Gasteiger partial charge is 0.382 e. The van der Waals surface area contributed by atoms with Crippen molar-refractivity contribution < 1.29 is 9.53 Å². The number of aryl methyl sites for hydroxylation is 1. The third-order valence-electron chi connectivity index (χ3n) is 5.24. The summed E-state index contributed by atoms with van der Waals surface area (Å²) in [6.07, 6.45) is 3.60. The first-order valence-electron chi connectivity index (χ1n) is 9.99. The van der Waals surface area contributed by atoms with Crippen LogP contribution in [-0.4, -0.2) is 33.4 Å². The van der Waals surface area contributed by atoms with Crippen LogP contribution in [0.4, 0.5) is 0 Å². The van der Waals surface area contributed by atoms with Gasteiger partial charge in [-0.2, -0.15) is 0 Å². The Kier molecular flexibility index (Phi) is 5.90. The van der Waals surface area contributed by atoms with E-state index in [0.29, 0.717) is 25.2 Å². The molecule has 0 radical (unpaired) electrons. The van der Waals surface area contributed by atoms with E-state index in [2.05, 4.69) is 27.6 Å². The third kappa shape index (κ3) is 4.24. The Morgan fingerprint density at radius 1 is 1.23 bits per heavy atom. The molecule has 4 N–H and O–H groups in total. The quantitative estimate of drug-likeness (QED) is 0.511. The molecular formula is C23H24N6O2. The minimum Gasteiger partial charge on any atom is -0.382 e. The SMILES string of the molecule is Cc1nnc2n1-c1ccc(/C(C=N)=C/NCC(N)=O)c(Cc3ccccc3)c1COC2. The molecule has 1 amide bonds. The molecule has 1 aliphatic heterocycles. The molecule has 31 heavy (non-hydrogen) atoms. The summed E-state index contributed by atoms with van der Waals surface area (Å²) in [7, 11) is 0. The minimum atomic E-state index is -0.462. The minimum absolute atomic E-state index is 0.00265. The van der Waals surface area contributed by atoms with Crippen molar-refractivity contribution in [2.45, 2.75) is 26.6 Å². The number of nitrogens with two attached hydrogens (primary N) is 1. The van der Waals surface area contributed by atoms with Gasteiger partial charge in [0.15, 0.2) is 5.82 Å². The van der Waals surface area contributed by atoms with E-state index >= 15 is 0 Å². The number of ether oxygens (including phenoxy) is 1. The molecule has 0 saturated carbocycles. The lowest BCUT2D eigenvalue weighted by molar-refractivity contribution is -0.117. The predicted molar refractivity (Wildman–Crippen MR) is 118 cm³/mol. The Hall–Kier alpha value is -3.78. The highest BCUT2D eigenvalue weighted by molar-refractivity contribution is 6.09. The number of aromatic nitrogens is 3. The number of rotatable bonds is 7. The van der Waals surface area contributed by atoms with E-state index in [4.69, 9.17) is 15.9 Å². The Bertz CT molecular complexity index is 1150. The smallest absolute Gasteiger partial charge is 0.236 e. The van der Waals surface area contributed by atoms with E-state index in [9.17, 15) is 4.79 Å². The zero-order valence-electron chi connectivity index (χ0n) is 17.3. The second-order valence-corrected chi connectivity index (χ2v) is 7.33. The van der Waals surface area contributed by atoms with E-state index in [-0.39, 0.29) is 6.54 Å². The molecule has 0 saturated heterocycles. The van der Waals surface area contributed by atoms with Crippen LogP contribution in [0.5, 0.6) is 0 Å². The van der Waals surface area contributed by atoms with Crippen LogP contribution in [0.2, 0.25) is 0 Å². The zero-order chi connectivity index (χ0) is 21.8. The van der Waals surface area contributed by atoms with Crippen LogP contribution in [0.3, 0.4) is 0 Å². The van der Waals surface area contributed by atoms with Gasteiger partial charge in [-0.1, -0.05) is 36.4 Å². The molecule has 1 aromatic heterocycles. The number of hydrogen-bond acceptors (Lipinski definition) is 6. The molecule has 0 atom stereocenters. The number of hydrogen-bond donors (Lipinski definition) is 3. The van der Waals surface area contributed by atoms with Crippen molar-refractivity contribution in [1.29, 1.82) is 5.41 Å². The van der Waals surface area contributed by atoms with E-state index in [1.54, 1.807) is 6.20 Å². The molecule has 0 unspecified atom stereocenters. The highest BCUT2D eigenvalue weighted by atomic mass is 16.5. The Balaban J connectivity index is 1.88. The number of nitrogens with one attached hydrogen (secondary N) is 2. The molecule has 3 aromatic rings. The normalized spacial score (nSPS) is 13.1. The van der Waals surface area contributed by atoms with Gasteiger partial charge in [-0.25, -0.2) is 0 Å². The average Bonchev–Trinajstić information content (AvgIpc) is 3.02. The Morgan fingerprint density at radius 2 is 2.03 bits per heavy atom. The molecular weight excluding hydrogens is 392 g/mol. The van der Waals surface area contributed by atoms with Crippen LogP contribution < -0.4 is 11.1 Å². The fourth-order valence-corrected chi connectivity index (χ4v) is 3.84. The fraction of sp³-hybridized carbons (Fsp3) is 0.217. The van der Waals surface area contributed by atoms with Gasteiger partial charge in [-0.3, -0.25) is 9.36 Å². The highest BCUT2D eigenvalue weighted by Gasteiger charge is 2.23. The number of carbonyl (C=O) groups excluding carboxylic acids is 1. The summed E-state index contributed by atoms with van der Waals surface area (Å²) in [5.41, 5.74) is 11.0. The van der Waals surface area contributed by atoms with Crippen LogP contribution in [-0.2, 0) is 29.2 Å². The third-order valence-corrected chi connectivity index (χ3v) is 5.24. The number of primary amides is 1. The van der Waals surface area contributed by atoms with Crippen LogP contribution in [0.15, 0.2) is 48.7 Å². The van der Waals surface area contributed by atoms with Crippen molar-refractivity contribution in [1.82, 2.24) is 20.1 Å². The molecule has 0 aliphatic carbocycles. The van der Waals surface area contributed by atoms with Crippen molar-refractivity contribution in [3.05, 3.63) is 82.6 Å². The number of nitrogens with zero attached hydrogens (tertiary/aromatic N) is 3. The Morgan fingerprint density at radius 3 is 2.77 bits per heavy atom. The summed E-state index contributed by atoms with van der Waals surface area (Å²) in [5, 5.41) is 19.3. The molecule has 2 aromatic carbocycles. The summed E-state index contributed by atoms with van der Waals surface area (Å²) in [5.74, 6) is 1.10. The lowest BCUT2D eigenvalue weighted by atomic mass is 9.90. The molecule has 1 aliphatic rings. The summed E-state index contributed by atoms with van der Waals surface area (Å²) < 4.78 is 7.97. The Labute approximate surface area is 180 Å². The second kappa shape index (κ2) is 8.93. The number of allylic oxidation sites excluding steroid dienone is 1. The van der Waals surface area contributed by atoms with Gasteiger partial charge >= 0.3 is 0 Å². The van der Waals surface area contributed by atoms with Gasteiger partial charge in [0.25, 0.3) is 0 Å². The van der Waals surface area contributed by atoms with Crippen molar-refractivity contribution in [2.24, 2.45) is 5.73 Å². The predicted octanol–water partition coefficient (Wildman–Crippen LogP) is 2.26. The van der Waals surface area contributed by atoms with Crippen LogP contribution in [0.25, 0.3) is 11.3 Å². The average molecular weight is 416 g/mol. The molecule has 8 heteroatoms. The van der Waals surface area contributed by atoms with E-state index < -0.39 is 5.91 Å².